The number of ether oxygens (including phenoxy) is 1. The standard InChI is InChI=1S/C20H23ClN2O3S/c1-3-23(4-2)20(25)14-27-13-19(24)22-15-9-11-16(12-10-15)26-18-8-6-5-7-17(18)21/h5-12H,3-4,13-14H2,1-2H3,(H,22,24). The van der Waals surface area contributed by atoms with Crippen molar-refractivity contribution < 1.29 is 14.3 Å². The monoisotopic (exact) mass is 406 g/mol. The predicted molar refractivity (Wildman–Crippen MR) is 112 cm³/mol. The smallest absolute Gasteiger partial charge is 0.234 e. The molecule has 0 radical (unpaired) electrons. The minimum atomic E-state index is -0.146. The second kappa shape index (κ2) is 10.8. The van der Waals surface area contributed by atoms with E-state index in [2.05, 4.69) is 5.32 Å². The first-order valence-electron chi connectivity index (χ1n) is 8.71. The van der Waals surface area contributed by atoms with Crippen molar-refractivity contribution in [3.63, 3.8) is 0 Å². The molecule has 0 aliphatic rings. The van der Waals surface area contributed by atoms with Gasteiger partial charge in [-0.2, -0.15) is 0 Å². The lowest BCUT2D eigenvalue weighted by atomic mass is 10.3. The Hall–Kier alpha value is -2.18. The molecule has 0 saturated heterocycles. The number of rotatable bonds is 9. The van der Waals surface area contributed by atoms with Crippen molar-refractivity contribution in [2.45, 2.75) is 13.8 Å². The Morgan fingerprint density at radius 1 is 1.04 bits per heavy atom. The van der Waals surface area contributed by atoms with E-state index in [1.165, 1.54) is 11.8 Å². The Morgan fingerprint density at radius 2 is 1.70 bits per heavy atom. The van der Waals surface area contributed by atoms with Crippen LogP contribution in [-0.4, -0.2) is 41.3 Å². The van der Waals surface area contributed by atoms with E-state index in [0.29, 0.717) is 41.1 Å². The molecule has 2 rings (SSSR count). The van der Waals surface area contributed by atoms with Gasteiger partial charge >= 0.3 is 0 Å². The molecule has 0 bridgehead atoms. The molecule has 5 nitrogen and oxygen atoms in total. The Kier molecular flexibility index (Phi) is 8.48. The van der Waals surface area contributed by atoms with Gasteiger partial charge in [-0.1, -0.05) is 23.7 Å². The summed E-state index contributed by atoms with van der Waals surface area (Å²) in [6, 6.07) is 14.3. The van der Waals surface area contributed by atoms with Gasteiger partial charge in [0, 0.05) is 18.8 Å². The average Bonchev–Trinajstić information content (AvgIpc) is 2.66. The molecule has 0 aliphatic carbocycles. The van der Waals surface area contributed by atoms with Gasteiger partial charge in [0.25, 0.3) is 0 Å². The zero-order valence-electron chi connectivity index (χ0n) is 15.4. The summed E-state index contributed by atoms with van der Waals surface area (Å²) in [4.78, 5) is 25.7. The lowest BCUT2D eigenvalue weighted by Gasteiger charge is -2.18. The van der Waals surface area contributed by atoms with Gasteiger partial charge in [0.15, 0.2) is 0 Å². The number of carbonyl (C=O) groups excluding carboxylic acids is 2. The third kappa shape index (κ3) is 6.81. The van der Waals surface area contributed by atoms with E-state index in [1.54, 1.807) is 41.3 Å². The van der Waals surface area contributed by atoms with Crippen molar-refractivity contribution in [1.82, 2.24) is 4.90 Å². The summed E-state index contributed by atoms with van der Waals surface area (Å²) in [5.41, 5.74) is 0.669. The molecular weight excluding hydrogens is 384 g/mol. The van der Waals surface area contributed by atoms with Gasteiger partial charge in [-0.15, -0.1) is 11.8 Å². The van der Waals surface area contributed by atoms with E-state index in [4.69, 9.17) is 16.3 Å². The van der Waals surface area contributed by atoms with E-state index < -0.39 is 0 Å². The topological polar surface area (TPSA) is 58.6 Å². The molecule has 0 spiro atoms. The fourth-order valence-corrected chi connectivity index (χ4v) is 3.25. The number of benzene rings is 2. The van der Waals surface area contributed by atoms with Gasteiger partial charge < -0.3 is 15.0 Å². The molecule has 0 unspecified atom stereocenters. The molecule has 1 N–H and O–H groups in total. The molecule has 0 fully saturated rings. The molecule has 0 aromatic heterocycles. The summed E-state index contributed by atoms with van der Waals surface area (Å²) in [6.07, 6.45) is 0. The van der Waals surface area contributed by atoms with Crippen molar-refractivity contribution in [2.24, 2.45) is 0 Å². The van der Waals surface area contributed by atoms with Crippen LogP contribution in [0, 0.1) is 0 Å². The number of nitrogens with one attached hydrogen (secondary N) is 1. The molecule has 2 amide bonds. The molecule has 27 heavy (non-hydrogen) atoms. The SMILES string of the molecule is CCN(CC)C(=O)CSCC(=O)Nc1ccc(Oc2ccccc2Cl)cc1. The van der Waals surface area contributed by atoms with Crippen LogP contribution >= 0.6 is 23.4 Å². The lowest BCUT2D eigenvalue weighted by Crippen LogP contribution is -2.32. The molecule has 144 valence electrons. The highest BCUT2D eigenvalue weighted by Gasteiger charge is 2.11. The third-order valence-corrected chi connectivity index (χ3v) is 5.01. The summed E-state index contributed by atoms with van der Waals surface area (Å²) >= 11 is 7.38. The largest absolute Gasteiger partial charge is 0.456 e. The van der Waals surface area contributed by atoms with Crippen LogP contribution in [0.1, 0.15) is 13.8 Å². The lowest BCUT2D eigenvalue weighted by molar-refractivity contribution is -0.127. The number of hydrogen-bond donors (Lipinski definition) is 1. The molecular formula is C20H23ClN2O3S. The number of anilines is 1. The average molecular weight is 407 g/mol. The van der Waals surface area contributed by atoms with Crippen molar-refractivity contribution >= 4 is 40.9 Å². The fourth-order valence-electron chi connectivity index (χ4n) is 2.36. The number of para-hydroxylation sites is 1. The van der Waals surface area contributed by atoms with Gasteiger partial charge in [-0.25, -0.2) is 0 Å². The molecule has 0 saturated carbocycles. The van der Waals surface area contributed by atoms with E-state index >= 15 is 0 Å². The number of carbonyl (C=O) groups is 2. The molecule has 0 heterocycles. The Bertz CT molecular complexity index is 764. The van der Waals surface area contributed by atoms with Crippen molar-refractivity contribution in [2.75, 3.05) is 29.9 Å². The Morgan fingerprint density at radius 3 is 2.33 bits per heavy atom. The maximum Gasteiger partial charge on any atom is 0.234 e. The summed E-state index contributed by atoms with van der Waals surface area (Å²) in [5, 5.41) is 3.34. The number of thioether (sulfide) groups is 1. The zero-order chi connectivity index (χ0) is 19.6. The number of nitrogens with zero attached hydrogens (tertiary/aromatic N) is 1. The first-order chi connectivity index (χ1) is 13.0. The van der Waals surface area contributed by atoms with Gasteiger partial charge in [0.2, 0.25) is 11.8 Å². The first kappa shape index (κ1) is 21.1. The van der Waals surface area contributed by atoms with Gasteiger partial charge in [-0.05, 0) is 50.2 Å². The van der Waals surface area contributed by atoms with Crippen LogP contribution in [0.4, 0.5) is 5.69 Å². The molecule has 2 aromatic rings. The van der Waals surface area contributed by atoms with E-state index in [-0.39, 0.29) is 17.6 Å². The predicted octanol–water partition coefficient (Wildman–Crippen LogP) is 4.67. The van der Waals surface area contributed by atoms with Crippen LogP contribution in [0.3, 0.4) is 0 Å². The van der Waals surface area contributed by atoms with Gasteiger partial charge in [-0.3, -0.25) is 9.59 Å². The van der Waals surface area contributed by atoms with Crippen molar-refractivity contribution in [3.8, 4) is 11.5 Å². The summed E-state index contributed by atoms with van der Waals surface area (Å²) in [5.74, 6) is 1.64. The quantitative estimate of drug-likeness (QED) is 0.657. The van der Waals surface area contributed by atoms with Gasteiger partial charge in [0.05, 0.1) is 16.5 Å². The van der Waals surface area contributed by atoms with E-state index in [9.17, 15) is 9.59 Å². The van der Waals surface area contributed by atoms with E-state index in [1.807, 2.05) is 26.0 Å². The highest BCUT2D eigenvalue weighted by Crippen LogP contribution is 2.29. The first-order valence-corrected chi connectivity index (χ1v) is 10.2. The normalized spacial score (nSPS) is 10.3. The number of amides is 2. The molecule has 2 aromatic carbocycles. The van der Waals surface area contributed by atoms with Crippen molar-refractivity contribution in [1.29, 1.82) is 0 Å². The highest BCUT2D eigenvalue weighted by atomic mass is 35.5. The van der Waals surface area contributed by atoms with Crippen LogP contribution in [-0.2, 0) is 9.59 Å². The minimum absolute atomic E-state index is 0.0545. The molecule has 0 atom stereocenters. The third-order valence-electron chi connectivity index (χ3n) is 3.78. The van der Waals surface area contributed by atoms with Crippen LogP contribution in [0.25, 0.3) is 0 Å². The summed E-state index contributed by atoms with van der Waals surface area (Å²) in [7, 11) is 0. The number of hydrogen-bond acceptors (Lipinski definition) is 4. The fraction of sp³-hybridized carbons (Fsp3) is 0.300. The maximum atomic E-state index is 12.0. The van der Waals surface area contributed by atoms with Crippen molar-refractivity contribution in [3.05, 3.63) is 53.6 Å². The zero-order valence-corrected chi connectivity index (χ0v) is 17.0. The molecule has 7 heteroatoms. The van der Waals surface area contributed by atoms with Crippen LogP contribution in [0.5, 0.6) is 11.5 Å². The van der Waals surface area contributed by atoms with Crippen LogP contribution in [0.2, 0.25) is 5.02 Å². The van der Waals surface area contributed by atoms with Gasteiger partial charge in [0.1, 0.15) is 11.5 Å². The van der Waals surface area contributed by atoms with Crippen LogP contribution in [0.15, 0.2) is 48.5 Å². The summed E-state index contributed by atoms with van der Waals surface area (Å²) < 4.78 is 5.71. The number of halogens is 1. The Labute approximate surface area is 169 Å². The highest BCUT2D eigenvalue weighted by molar-refractivity contribution is 8.00. The second-order valence-corrected chi connectivity index (χ2v) is 7.06. The summed E-state index contributed by atoms with van der Waals surface area (Å²) in [6.45, 7) is 5.26. The minimum Gasteiger partial charge on any atom is -0.456 e. The van der Waals surface area contributed by atoms with Crippen LogP contribution < -0.4 is 10.1 Å². The maximum absolute atomic E-state index is 12.0. The second-order valence-electron chi connectivity index (χ2n) is 5.66. The van der Waals surface area contributed by atoms with E-state index in [0.717, 1.165) is 0 Å². The molecule has 0 aliphatic heterocycles. The Balaban J connectivity index is 1.79.